The molecule has 7 nitrogen and oxygen atoms in total. The Bertz CT molecular complexity index is 804. The van der Waals surface area contributed by atoms with E-state index in [2.05, 4.69) is 48.5 Å². The highest BCUT2D eigenvalue weighted by atomic mass is 127. The summed E-state index contributed by atoms with van der Waals surface area (Å²) in [5.74, 6) is 1.90. The van der Waals surface area contributed by atoms with E-state index in [1.165, 1.54) is 0 Å². The van der Waals surface area contributed by atoms with Crippen LogP contribution in [0.2, 0.25) is 0 Å². The Labute approximate surface area is 197 Å². The number of guanidine groups is 1. The lowest BCUT2D eigenvalue weighted by Gasteiger charge is -2.55. The lowest BCUT2D eigenvalue weighted by atomic mass is 9.58. The summed E-state index contributed by atoms with van der Waals surface area (Å²) in [6.07, 6.45) is 7.44. The summed E-state index contributed by atoms with van der Waals surface area (Å²) in [4.78, 5) is 4.82. The van der Waals surface area contributed by atoms with Crippen LogP contribution in [0.3, 0.4) is 0 Å². The average molecular weight is 528 g/mol. The fraction of sp³-hybridized carbons (Fsp3) is 0.682. The van der Waals surface area contributed by atoms with Crippen molar-refractivity contribution in [1.29, 1.82) is 0 Å². The molecule has 1 aliphatic carbocycles. The van der Waals surface area contributed by atoms with Crippen molar-refractivity contribution >= 4 is 35.6 Å². The summed E-state index contributed by atoms with van der Waals surface area (Å²) < 4.78 is 8.05. The van der Waals surface area contributed by atoms with Gasteiger partial charge >= 0.3 is 0 Å². The van der Waals surface area contributed by atoms with Gasteiger partial charge in [-0.25, -0.2) is 0 Å². The lowest BCUT2D eigenvalue weighted by Crippen LogP contribution is -2.65. The summed E-state index contributed by atoms with van der Waals surface area (Å²) in [7, 11) is 0. The van der Waals surface area contributed by atoms with Crippen molar-refractivity contribution < 1.29 is 4.74 Å². The standard InChI is InChI=1S/C22H36N6O.HI/c1-5-22(6-2)17(16-18(22)29-8-4)25-21(23-7-3)24-14-11-13-20-27-26-19-12-9-10-15-28(19)20;/h9-10,12,15,17-18H,5-8,11,13-14,16H2,1-4H3,(H2,23,24,25);1H. The molecule has 0 radical (unpaired) electrons. The van der Waals surface area contributed by atoms with Crippen molar-refractivity contribution in [3.05, 3.63) is 30.2 Å². The molecule has 8 heteroatoms. The van der Waals surface area contributed by atoms with Gasteiger partial charge in [-0.05, 0) is 51.7 Å². The zero-order valence-corrected chi connectivity index (χ0v) is 21.1. The molecule has 3 rings (SSSR count). The van der Waals surface area contributed by atoms with Gasteiger partial charge in [0, 0.05) is 43.8 Å². The SMILES string of the molecule is CCNC(=NCCCc1nnc2ccccn12)NC1CC(OCC)C1(CC)CC.I. The van der Waals surface area contributed by atoms with E-state index < -0.39 is 0 Å². The second kappa shape index (κ2) is 11.8. The van der Waals surface area contributed by atoms with E-state index in [1.807, 2.05) is 28.8 Å². The molecule has 2 aromatic rings. The van der Waals surface area contributed by atoms with E-state index in [1.54, 1.807) is 0 Å². The number of hydrogen-bond donors (Lipinski definition) is 2. The maximum atomic E-state index is 6.01. The second-order valence-corrected chi connectivity index (χ2v) is 7.73. The van der Waals surface area contributed by atoms with Crippen LogP contribution >= 0.6 is 24.0 Å². The van der Waals surface area contributed by atoms with Crippen LogP contribution in [-0.2, 0) is 11.2 Å². The molecule has 0 amide bonds. The maximum Gasteiger partial charge on any atom is 0.191 e. The molecule has 1 aliphatic rings. The number of aliphatic imine (C=N–C) groups is 1. The zero-order chi connectivity index (χ0) is 20.7. The number of hydrogen-bond acceptors (Lipinski definition) is 4. The largest absolute Gasteiger partial charge is 0.378 e. The molecule has 1 saturated carbocycles. The average Bonchev–Trinajstić information content (AvgIpc) is 3.14. The number of rotatable bonds is 10. The van der Waals surface area contributed by atoms with Gasteiger partial charge in [-0.2, -0.15) is 0 Å². The molecule has 2 aromatic heterocycles. The Morgan fingerprint density at radius 1 is 1.23 bits per heavy atom. The van der Waals surface area contributed by atoms with Crippen LogP contribution in [0.15, 0.2) is 29.4 Å². The first-order chi connectivity index (χ1) is 14.2. The molecule has 30 heavy (non-hydrogen) atoms. The Morgan fingerprint density at radius 3 is 2.73 bits per heavy atom. The number of nitrogens with zero attached hydrogens (tertiary/aromatic N) is 4. The van der Waals surface area contributed by atoms with Crippen molar-refractivity contribution in [2.45, 2.75) is 71.9 Å². The van der Waals surface area contributed by atoms with E-state index in [-0.39, 0.29) is 29.4 Å². The fourth-order valence-electron chi connectivity index (χ4n) is 4.56. The third kappa shape index (κ3) is 5.25. The monoisotopic (exact) mass is 528 g/mol. The predicted octanol–water partition coefficient (Wildman–Crippen LogP) is 3.82. The molecule has 0 spiro atoms. The van der Waals surface area contributed by atoms with Crippen molar-refractivity contribution in [3.63, 3.8) is 0 Å². The molecular weight excluding hydrogens is 491 g/mol. The number of pyridine rings is 1. The number of halogens is 1. The van der Waals surface area contributed by atoms with Crippen LogP contribution in [0.4, 0.5) is 0 Å². The summed E-state index contributed by atoms with van der Waals surface area (Å²) in [6.45, 7) is 11.1. The number of nitrogens with one attached hydrogen (secondary N) is 2. The number of ether oxygens (including phenoxy) is 1. The summed E-state index contributed by atoms with van der Waals surface area (Å²) in [6, 6.07) is 6.37. The van der Waals surface area contributed by atoms with Gasteiger partial charge in [0.25, 0.3) is 0 Å². The molecule has 2 atom stereocenters. The molecule has 168 valence electrons. The first-order valence-corrected chi connectivity index (χ1v) is 11.1. The summed E-state index contributed by atoms with van der Waals surface area (Å²) in [5, 5.41) is 15.6. The highest BCUT2D eigenvalue weighted by Gasteiger charge is 2.53. The van der Waals surface area contributed by atoms with Crippen LogP contribution < -0.4 is 10.6 Å². The highest BCUT2D eigenvalue weighted by molar-refractivity contribution is 14.0. The quantitative estimate of drug-likeness (QED) is 0.212. The Balaban J connectivity index is 0.00000320. The Hall–Kier alpha value is -1.42. The third-order valence-corrected chi connectivity index (χ3v) is 6.34. The molecule has 1 fully saturated rings. The van der Waals surface area contributed by atoms with Crippen molar-refractivity contribution in [2.24, 2.45) is 10.4 Å². The van der Waals surface area contributed by atoms with Gasteiger partial charge < -0.3 is 15.4 Å². The van der Waals surface area contributed by atoms with E-state index in [4.69, 9.17) is 9.73 Å². The topological polar surface area (TPSA) is 75.8 Å². The minimum absolute atomic E-state index is 0. The molecule has 2 N–H and O–H groups in total. The van der Waals surface area contributed by atoms with E-state index in [0.29, 0.717) is 12.1 Å². The van der Waals surface area contributed by atoms with Gasteiger partial charge in [-0.3, -0.25) is 9.39 Å². The van der Waals surface area contributed by atoms with E-state index in [9.17, 15) is 0 Å². The first-order valence-electron chi connectivity index (χ1n) is 11.1. The minimum atomic E-state index is 0. The molecule has 2 unspecified atom stereocenters. The molecule has 0 bridgehead atoms. The number of fused-ring (bicyclic) bond motifs is 1. The molecule has 0 aromatic carbocycles. The number of aromatic nitrogens is 3. The van der Waals surface area contributed by atoms with Crippen LogP contribution in [0.1, 0.15) is 59.2 Å². The van der Waals surface area contributed by atoms with Gasteiger partial charge in [0.05, 0.1) is 6.10 Å². The van der Waals surface area contributed by atoms with Gasteiger partial charge in [-0.15, -0.1) is 34.2 Å². The lowest BCUT2D eigenvalue weighted by molar-refractivity contribution is -0.133. The smallest absolute Gasteiger partial charge is 0.191 e. The van der Waals surface area contributed by atoms with Crippen LogP contribution in [0.25, 0.3) is 5.65 Å². The normalized spacial score (nSPS) is 20.5. The summed E-state index contributed by atoms with van der Waals surface area (Å²) in [5.41, 5.74) is 1.09. The van der Waals surface area contributed by atoms with Crippen molar-refractivity contribution in [3.8, 4) is 0 Å². The van der Waals surface area contributed by atoms with E-state index >= 15 is 0 Å². The van der Waals surface area contributed by atoms with E-state index in [0.717, 1.165) is 69.2 Å². The third-order valence-electron chi connectivity index (χ3n) is 6.34. The van der Waals surface area contributed by atoms with Gasteiger partial charge in [0.1, 0.15) is 5.82 Å². The van der Waals surface area contributed by atoms with Crippen molar-refractivity contribution in [1.82, 2.24) is 25.2 Å². The summed E-state index contributed by atoms with van der Waals surface area (Å²) >= 11 is 0. The van der Waals surface area contributed by atoms with Gasteiger partial charge in [-0.1, -0.05) is 19.9 Å². The van der Waals surface area contributed by atoms with Crippen molar-refractivity contribution in [2.75, 3.05) is 19.7 Å². The molecule has 0 saturated heterocycles. The van der Waals surface area contributed by atoms with Gasteiger partial charge in [0.15, 0.2) is 11.6 Å². The van der Waals surface area contributed by atoms with Crippen LogP contribution in [0.5, 0.6) is 0 Å². The Morgan fingerprint density at radius 2 is 2.03 bits per heavy atom. The van der Waals surface area contributed by atoms with Crippen LogP contribution in [-0.4, -0.2) is 52.4 Å². The molecule has 0 aliphatic heterocycles. The molecule has 2 heterocycles. The first kappa shape index (κ1) is 24.8. The minimum Gasteiger partial charge on any atom is -0.378 e. The fourth-order valence-corrected chi connectivity index (χ4v) is 4.56. The highest BCUT2D eigenvalue weighted by Crippen LogP contribution is 2.48. The molecular formula is C22H37IN6O. The zero-order valence-electron chi connectivity index (χ0n) is 18.7. The van der Waals surface area contributed by atoms with Crippen LogP contribution in [0, 0.1) is 5.41 Å². The van der Waals surface area contributed by atoms with Gasteiger partial charge in [0.2, 0.25) is 0 Å². The second-order valence-electron chi connectivity index (χ2n) is 7.73. The number of aryl methyl sites for hydroxylation is 1. The maximum absolute atomic E-state index is 6.01. The Kier molecular flexibility index (Phi) is 9.80. The predicted molar refractivity (Wildman–Crippen MR) is 133 cm³/mol.